The van der Waals surface area contributed by atoms with Gasteiger partial charge in [0.05, 0.1) is 13.0 Å². The molecular weight excluding hydrogens is 271 g/mol. The number of hydrogen-bond acceptors (Lipinski definition) is 3. The summed E-state index contributed by atoms with van der Waals surface area (Å²) in [5, 5.41) is 5.96. The van der Waals surface area contributed by atoms with Crippen molar-refractivity contribution in [1.82, 2.24) is 10.6 Å². The zero-order chi connectivity index (χ0) is 15.1. The van der Waals surface area contributed by atoms with Crippen molar-refractivity contribution in [2.45, 2.75) is 19.9 Å². The van der Waals surface area contributed by atoms with Gasteiger partial charge in [0.25, 0.3) is 0 Å². The number of hydrogen-bond donors (Lipinski definition) is 2. The summed E-state index contributed by atoms with van der Waals surface area (Å²) < 4.78 is 18.4. The fourth-order valence-electron chi connectivity index (χ4n) is 1.98. The molecule has 0 aliphatic heterocycles. The third kappa shape index (κ3) is 5.39. The first-order chi connectivity index (χ1) is 10.1. The first kappa shape index (κ1) is 15.3. The van der Waals surface area contributed by atoms with E-state index in [1.165, 1.54) is 12.1 Å². The molecule has 2 aromatic rings. The standard InChI is InChI=1S/C16H19FN2O2/c1-12-5-6-15(21-12)11-18-7-8-19-16(20)10-13-3-2-4-14(17)9-13/h2-6,9,18H,7-8,10-11H2,1H3,(H,19,20). The fourth-order valence-corrected chi connectivity index (χ4v) is 1.98. The number of carbonyl (C=O) groups excluding carboxylic acids is 1. The number of furan rings is 1. The number of nitrogens with one attached hydrogen (secondary N) is 2. The Hall–Kier alpha value is -2.14. The van der Waals surface area contributed by atoms with E-state index in [-0.39, 0.29) is 18.1 Å². The SMILES string of the molecule is Cc1ccc(CNCCNC(=O)Cc2cccc(F)c2)o1. The van der Waals surface area contributed by atoms with Gasteiger partial charge >= 0.3 is 0 Å². The van der Waals surface area contributed by atoms with E-state index in [2.05, 4.69) is 10.6 Å². The van der Waals surface area contributed by atoms with Gasteiger partial charge in [0.1, 0.15) is 17.3 Å². The highest BCUT2D eigenvalue weighted by molar-refractivity contribution is 5.78. The van der Waals surface area contributed by atoms with E-state index in [0.29, 0.717) is 25.2 Å². The molecule has 1 amide bonds. The second kappa shape index (κ2) is 7.59. The zero-order valence-corrected chi connectivity index (χ0v) is 12.0. The van der Waals surface area contributed by atoms with Crippen molar-refractivity contribution in [3.05, 3.63) is 59.3 Å². The molecule has 0 fully saturated rings. The van der Waals surface area contributed by atoms with Gasteiger partial charge in [0, 0.05) is 13.1 Å². The Bertz CT molecular complexity index is 595. The smallest absolute Gasteiger partial charge is 0.224 e. The molecule has 112 valence electrons. The first-order valence-corrected chi connectivity index (χ1v) is 6.90. The van der Waals surface area contributed by atoms with Crippen molar-refractivity contribution in [3.8, 4) is 0 Å². The van der Waals surface area contributed by atoms with E-state index in [9.17, 15) is 9.18 Å². The molecule has 21 heavy (non-hydrogen) atoms. The minimum atomic E-state index is -0.323. The van der Waals surface area contributed by atoms with Crippen LogP contribution in [-0.4, -0.2) is 19.0 Å². The van der Waals surface area contributed by atoms with E-state index in [0.717, 1.165) is 11.5 Å². The summed E-state index contributed by atoms with van der Waals surface area (Å²) in [6, 6.07) is 9.91. The number of amides is 1. The Morgan fingerprint density at radius 1 is 1.24 bits per heavy atom. The molecule has 1 aromatic carbocycles. The molecular formula is C16H19FN2O2. The highest BCUT2D eigenvalue weighted by Crippen LogP contribution is 2.05. The molecule has 1 aromatic heterocycles. The highest BCUT2D eigenvalue weighted by atomic mass is 19.1. The van der Waals surface area contributed by atoms with Crippen molar-refractivity contribution in [2.24, 2.45) is 0 Å². The fraction of sp³-hybridized carbons (Fsp3) is 0.312. The molecule has 2 rings (SSSR count). The van der Waals surface area contributed by atoms with Crippen LogP contribution >= 0.6 is 0 Å². The van der Waals surface area contributed by atoms with Gasteiger partial charge in [-0.3, -0.25) is 4.79 Å². The highest BCUT2D eigenvalue weighted by Gasteiger charge is 2.03. The minimum absolute atomic E-state index is 0.115. The van der Waals surface area contributed by atoms with Gasteiger partial charge < -0.3 is 15.1 Å². The molecule has 0 radical (unpaired) electrons. The molecule has 5 heteroatoms. The Labute approximate surface area is 123 Å². The zero-order valence-electron chi connectivity index (χ0n) is 12.0. The monoisotopic (exact) mass is 290 g/mol. The van der Waals surface area contributed by atoms with Crippen LogP contribution in [0.15, 0.2) is 40.8 Å². The van der Waals surface area contributed by atoms with Crippen LogP contribution in [0.4, 0.5) is 4.39 Å². The van der Waals surface area contributed by atoms with Crippen LogP contribution in [0.5, 0.6) is 0 Å². The van der Waals surface area contributed by atoms with Crippen molar-refractivity contribution in [3.63, 3.8) is 0 Å². The van der Waals surface area contributed by atoms with Gasteiger partial charge in [-0.25, -0.2) is 4.39 Å². The third-order valence-electron chi connectivity index (χ3n) is 2.97. The molecule has 0 saturated carbocycles. The molecule has 1 heterocycles. The summed E-state index contributed by atoms with van der Waals surface area (Å²) in [6.45, 7) is 3.70. The predicted molar refractivity (Wildman–Crippen MR) is 78.3 cm³/mol. The summed E-state index contributed by atoms with van der Waals surface area (Å²) in [6.07, 6.45) is 0.190. The molecule has 0 spiro atoms. The molecule has 0 unspecified atom stereocenters. The summed E-state index contributed by atoms with van der Waals surface area (Å²) in [5.41, 5.74) is 0.673. The van der Waals surface area contributed by atoms with Crippen molar-refractivity contribution in [1.29, 1.82) is 0 Å². The quantitative estimate of drug-likeness (QED) is 0.768. The topological polar surface area (TPSA) is 54.3 Å². The van der Waals surface area contributed by atoms with Gasteiger partial charge in [-0.1, -0.05) is 12.1 Å². The van der Waals surface area contributed by atoms with Crippen LogP contribution in [-0.2, 0) is 17.8 Å². The van der Waals surface area contributed by atoms with Crippen LogP contribution in [0.1, 0.15) is 17.1 Å². The van der Waals surface area contributed by atoms with Gasteiger partial charge in [0.15, 0.2) is 0 Å². The Balaban J connectivity index is 1.61. The van der Waals surface area contributed by atoms with E-state index < -0.39 is 0 Å². The second-order valence-electron chi connectivity index (χ2n) is 4.85. The van der Waals surface area contributed by atoms with Crippen molar-refractivity contribution in [2.75, 3.05) is 13.1 Å². The summed E-state index contributed by atoms with van der Waals surface area (Å²) in [4.78, 5) is 11.7. The average molecular weight is 290 g/mol. The normalized spacial score (nSPS) is 10.6. The summed E-state index contributed by atoms with van der Waals surface area (Å²) in [7, 11) is 0. The second-order valence-corrected chi connectivity index (χ2v) is 4.85. The largest absolute Gasteiger partial charge is 0.465 e. The summed E-state index contributed by atoms with van der Waals surface area (Å²) >= 11 is 0. The number of aryl methyl sites for hydroxylation is 1. The van der Waals surface area contributed by atoms with E-state index in [4.69, 9.17) is 4.42 Å². The lowest BCUT2D eigenvalue weighted by atomic mass is 10.1. The maximum atomic E-state index is 13.0. The number of halogens is 1. The molecule has 2 N–H and O–H groups in total. The van der Waals surface area contributed by atoms with Crippen LogP contribution in [0, 0.1) is 12.7 Å². The van der Waals surface area contributed by atoms with E-state index >= 15 is 0 Å². The van der Waals surface area contributed by atoms with E-state index in [1.807, 2.05) is 19.1 Å². The Morgan fingerprint density at radius 2 is 2.10 bits per heavy atom. The van der Waals surface area contributed by atoms with Crippen LogP contribution < -0.4 is 10.6 Å². The Kier molecular flexibility index (Phi) is 5.51. The predicted octanol–water partition coefficient (Wildman–Crippen LogP) is 2.18. The number of carbonyl (C=O) groups is 1. The molecule has 0 aliphatic carbocycles. The maximum Gasteiger partial charge on any atom is 0.224 e. The van der Waals surface area contributed by atoms with Crippen LogP contribution in [0.2, 0.25) is 0 Å². The maximum absolute atomic E-state index is 13.0. The molecule has 4 nitrogen and oxygen atoms in total. The molecule has 0 saturated heterocycles. The van der Waals surface area contributed by atoms with Gasteiger partial charge in [0.2, 0.25) is 5.91 Å². The molecule has 0 aliphatic rings. The van der Waals surface area contributed by atoms with Gasteiger partial charge in [-0.2, -0.15) is 0 Å². The lowest BCUT2D eigenvalue weighted by molar-refractivity contribution is -0.120. The minimum Gasteiger partial charge on any atom is -0.465 e. The van der Waals surface area contributed by atoms with Crippen molar-refractivity contribution >= 4 is 5.91 Å². The van der Waals surface area contributed by atoms with Gasteiger partial charge in [-0.15, -0.1) is 0 Å². The summed E-state index contributed by atoms with van der Waals surface area (Å²) in [5.74, 6) is 1.32. The van der Waals surface area contributed by atoms with E-state index in [1.54, 1.807) is 12.1 Å². The van der Waals surface area contributed by atoms with Crippen molar-refractivity contribution < 1.29 is 13.6 Å². The molecule has 0 bridgehead atoms. The van der Waals surface area contributed by atoms with Gasteiger partial charge in [-0.05, 0) is 36.8 Å². The first-order valence-electron chi connectivity index (χ1n) is 6.90. The Morgan fingerprint density at radius 3 is 2.81 bits per heavy atom. The third-order valence-corrected chi connectivity index (χ3v) is 2.97. The van der Waals surface area contributed by atoms with Crippen LogP contribution in [0.3, 0.4) is 0 Å². The number of rotatable bonds is 7. The average Bonchev–Trinajstić information content (AvgIpc) is 2.84. The lowest BCUT2D eigenvalue weighted by Gasteiger charge is -2.06. The number of benzene rings is 1. The molecule has 0 atom stereocenters. The lowest BCUT2D eigenvalue weighted by Crippen LogP contribution is -2.32. The van der Waals surface area contributed by atoms with Crippen LogP contribution in [0.25, 0.3) is 0 Å².